The highest BCUT2D eigenvalue weighted by Crippen LogP contribution is 2.22. The third-order valence-corrected chi connectivity index (χ3v) is 1.27. The van der Waals surface area contributed by atoms with E-state index in [1.807, 2.05) is 5.48 Å². The van der Waals surface area contributed by atoms with Crippen molar-refractivity contribution in [3.63, 3.8) is 0 Å². The largest absolute Gasteiger partial charge is 0.493 e. The van der Waals surface area contributed by atoms with Crippen molar-refractivity contribution < 1.29 is 10.3 Å². The number of nitrogens with zero attached hydrogens (tertiary/aromatic N) is 1. The van der Waals surface area contributed by atoms with Crippen molar-refractivity contribution in [3.05, 3.63) is 17.3 Å². The summed E-state index contributed by atoms with van der Waals surface area (Å²) in [6.45, 7) is 0. The van der Waals surface area contributed by atoms with Gasteiger partial charge in [0.15, 0.2) is 0 Å². The van der Waals surface area contributed by atoms with Crippen molar-refractivity contribution in [2.75, 3.05) is 5.48 Å². The predicted molar refractivity (Wildman–Crippen MR) is 36.3 cm³/mol. The molecule has 0 saturated heterocycles. The van der Waals surface area contributed by atoms with Crippen LogP contribution in [-0.4, -0.2) is 15.3 Å². The smallest absolute Gasteiger partial charge is 0.212 e. The van der Waals surface area contributed by atoms with Crippen LogP contribution in [0.3, 0.4) is 0 Å². The van der Waals surface area contributed by atoms with E-state index in [9.17, 15) is 0 Å². The number of pyridine rings is 1. The maximum absolute atomic E-state index is 8.73. The van der Waals surface area contributed by atoms with Crippen molar-refractivity contribution >= 4 is 17.3 Å². The lowest BCUT2D eigenvalue weighted by Crippen LogP contribution is -1.90. The number of aromatic nitrogens is 1. The van der Waals surface area contributed by atoms with Crippen LogP contribution in [0.1, 0.15) is 0 Å². The molecule has 0 fully saturated rings. The number of hydrogen-bond acceptors (Lipinski definition) is 4. The molecule has 5 heteroatoms. The highest BCUT2D eigenvalue weighted by molar-refractivity contribution is 6.33. The highest BCUT2D eigenvalue weighted by Gasteiger charge is 1.99. The van der Waals surface area contributed by atoms with Crippen molar-refractivity contribution in [1.29, 1.82) is 0 Å². The maximum Gasteiger partial charge on any atom is 0.212 e. The summed E-state index contributed by atoms with van der Waals surface area (Å²) < 4.78 is 0. The zero-order valence-electron chi connectivity index (χ0n) is 4.87. The first-order valence-corrected chi connectivity index (χ1v) is 2.86. The van der Waals surface area contributed by atoms with Crippen LogP contribution in [0.5, 0.6) is 5.88 Å². The van der Waals surface area contributed by atoms with Crippen molar-refractivity contribution in [2.24, 2.45) is 0 Å². The zero-order chi connectivity index (χ0) is 7.56. The molecule has 0 amide bonds. The third-order valence-electron chi connectivity index (χ3n) is 0.959. The minimum absolute atomic E-state index is 0.177. The van der Waals surface area contributed by atoms with Crippen LogP contribution in [0.2, 0.25) is 5.02 Å². The molecule has 0 radical (unpaired) electrons. The van der Waals surface area contributed by atoms with Gasteiger partial charge < -0.3 is 5.11 Å². The van der Waals surface area contributed by atoms with Crippen LogP contribution in [-0.2, 0) is 0 Å². The molecule has 4 nitrogen and oxygen atoms in total. The number of halogens is 1. The number of rotatable bonds is 1. The van der Waals surface area contributed by atoms with E-state index in [4.69, 9.17) is 21.9 Å². The van der Waals surface area contributed by atoms with E-state index in [-0.39, 0.29) is 16.6 Å². The quantitative estimate of drug-likeness (QED) is 0.541. The summed E-state index contributed by atoms with van der Waals surface area (Å²) in [4.78, 5) is 3.46. The van der Waals surface area contributed by atoms with E-state index >= 15 is 0 Å². The summed E-state index contributed by atoms with van der Waals surface area (Å²) >= 11 is 5.51. The van der Waals surface area contributed by atoms with Crippen molar-refractivity contribution in [1.82, 2.24) is 4.98 Å². The second kappa shape index (κ2) is 2.72. The Morgan fingerprint density at radius 1 is 1.60 bits per heavy atom. The third kappa shape index (κ3) is 1.29. The normalized spacial score (nSPS) is 9.40. The first-order valence-electron chi connectivity index (χ1n) is 2.48. The molecule has 10 heavy (non-hydrogen) atoms. The molecule has 1 aromatic rings. The molecule has 0 aromatic carbocycles. The van der Waals surface area contributed by atoms with Crippen LogP contribution < -0.4 is 5.48 Å². The molecular formula is C5H5ClN2O2. The second-order valence-corrected chi connectivity index (χ2v) is 2.04. The zero-order valence-corrected chi connectivity index (χ0v) is 5.63. The van der Waals surface area contributed by atoms with Gasteiger partial charge in [0.05, 0.1) is 16.9 Å². The molecule has 0 saturated carbocycles. The van der Waals surface area contributed by atoms with Gasteiger partial charge in [-0.15, -0.1) is 0 Å². The summed E-state index contributed by atoms with van der Waals surface area (Å²) in [6.07, 6.45) is 1.22. The van der Waals surface area contributed by atoms with Crippen LogP contribution >= 0.6 is 11.6 Å². The summed E-state index contributed by atoms with van der Waals surface area (Å²) in [7, 11) is 0. The van der Waals surface area contributed by atoms with Gasteiger partial charge in [-0.3, -0.25) is 10.7 Å². The van der Waals surface area contributed by atoms with E-state index < -0.39 is 0 Å². The molecule has 0 aliphatic carbocycles. The van der Waals surface area contributed by atoms with Crippen LogP contribution in [0.25, 0.3) is 0 Å². The number of anilines is 1. The van der Waals surface area contributed by atoms with Gasteiger partial charge in [0.1, 0.15) is 0 Å². The van der Waals surface area contributed by atoms with E-state index in [2.05, 4.69) is 4.98 Å². The molecule has 1 heterocycles. The standard InChI is InChI=1S/C5H5ClN2O2/c6-3-1-5(9)7-2-4(3)8-10/h1-2,8,10H,(H,7,9). The topological polar surface area (TPSA) is 65.4 Å². The van der Waals surface area contributed by atoms with Gasteiger partial charge in [-0.2, -0.15) is 0 Å². The van der Waals surface area contributed by atoms with E-state index in [1.54, 1.807) is 0 Å². The Labute approximate surface area is 62.0 Å². The molecule has 0 atom stereocenters. The number of hydrogen-bond donors (Lipinski definition) is 3. The summed E-state index contributed by atoms with van der Waals surface area (Å²) in [5.41, 5.74) is 2.08. The lowest BCUT2D eigenvalue weighted by molar-refractivity contribution is 0.388. The van der Waals surface area contributed by atoms with E-state index in [0.29, 0.717) is 0 Å². The summed E-state index contributed by atoms with van der Waals surface area (Å²) in [5, 5.41) is 17.3. The second-order valence-electron chi connectivity index (χ2n) is 1.63. The minimum atomic E-state index is -0.177. The average Bonchev–Trinajstić information content (AvgIpc) is 1.88. The summed E-state index contributed by atoms with van der Waals surface area (Å²) in [5.74, 6) is -0.177. The number of nitrogens with one attached hydrogen (secondary N) is 1. The van der Waals surface area contributed by atoms with Gasteiger partial charge in [0.25, 0.3) is 0 Å². The average molecular weight is 161 g/mol. The van der Waals surface area contributed by atoms with Crippen LogP contribution in [0.4, 0.5) is 5.69 Å². The SMILES string of the molecule is ONc1cnc(O)cc1Cl. The molecule has 0 spiro atoms. The Hall–Kier alpha value is -1.00. The highest BCUT2D eigenvalue weighted by atomic mass is 35.5. The van der Waals surface area contributed by atoms with Gasteiger partial charge in [-0.25, -0.2) is 4.98 Å². The van der Waals surface area contributed by atoms with Crippen LogP contribution in [0, 0.1) is 0 Å². The van der Waals surface area contributed by atoms with Crippen LogP contribution in [0.15, 0.2) is 12.3 Å². The maximum atomic E-state index is 8.73. The Morgan fingerprint density at radius 2 is 2.30 bits per heavy atom. The lowest BCUT2D eigenvalue weighted by Gasteiger charge is -1.99. The molecule has 0 bridgehead atoms. The lowest BCUT2D eigenvalue weighted by atomic mass is 10.4. The Kier molecular flexibility index (Phi) is 1.94. The van der Waals surface area contributed by atoms with Gasteiger partial charge >= 0.3 is 0 Å². The fourth-order valence-corrected chi connectivity index (χ4v) is 0.692. The first-order chi connectivity index (χ1) is 4.74. The Bertz CT molecular complexity index is 241. The Balaban J connectivity index is 3.07. The molecule has 0 unspecified atom stereocenters. The summed E-state index contributed by atoms with van der Waals surface area (Å²) in [6, 6.07) is 1.22. The fraction of sp³-hybridized carbons (Fsp3) is 0. The molecule has 0 aliphatic heterocycles. The molecule has 1 aromatic heterocycles. The predicted octanol–water partition coefficient (Wildman–Crippen LogP) is 1.24. The minimum Gasteiger partial charge on any atom is -0.493 e. The van der Waals surface area contributed by atoms with Gasteiger partial charge in [0, 0.05) is 6.07 Å². The molecule has 3 N–H and O–H groups in total. The van der Waals surface area contributed by atoms with E-state index in [0.717, 1.165) is 0 Å². The molecule has 1 rings (SSSR count). The molecule has 54 valence electrons. The van der Waals surface area contributed by atoms with Gasteiger partial charge in [0.2, 0.25) is 5.88 Å². The molecule has 0 aliphatic rings. The number of aromatic hydroxyl groups is 1. The van der Waals surface area contributed by atoms with Gasteiger partial charge in [-0.05, 0) is 0 Å². The first kappa shape index (κ1) is 7.11. The van der Waals surface area contributed by atoms with Crippen molar-refractivity contribution in [3.8, 4) is 5.88 Å². The van der Waals surface area contributed by atoms with Crippen molar-refractivity contribution in [2.45, 2.75) is 0 Å². The van der Waals surface area contributed by atoms with Gasteiger partial charge in [-0.1, -0.05) is 11.6 Å². The fourth-order valence-electron chi connectivity index (χ4n) is 0.503. The monoisotopic (exact) mass is 160 g/mol. The molecular weight excluding hydrogens is 156 g/mol. The Morgan fingerprint density at radius 3 is 2.80 bits per heavy atom. The van der Waals surface area contributed by atoms with E-state index in [1.165, 1.54) is 12.3 Å².